The fourth-order valence-corrected chi connectivity index (χ4v) is 4.79. The molecule has 0 unspecified atom stereocenters. The summed E-state index contributed by atoms with van der Waals surface area (Å²) < 4.78 is 26.7. The molecule has 8 heteroatoms. The predicted octanol–water partition coefficient (Wildman–Crippen LogP) is 4.79. The van der Waals surface area contributed by atoms with Gasteiger partial charge >= 0.3 is 0 Å². The third-order valence-corrected chi connectivity index (χ3v) is 6.27. The van der Waals surface area contributed by atoms with Crippen molar-refractivity contribution in [2.75, 3.05) is 0 Å². The number of halogens is 2. The van der Waals surface area contributed by atoms with Crippen LogP contribution in [0.2, 0.25) is 0 Å². The smallest absolute Gasteiger partial charge is 0.238 e. The van der Waals surface area contributed by atoms with Crippen molar-refractivity contribution in [2.45, 2.75) is 31.6 Å². The number of nitrogens with zero attached hydrogens (tertiary/aromatic N) is 5. The molecule has 0 saturated heterocycles. The molecule has 0 radical (unpaired) electrons. The van der Waals surface area contributed by atoms with Gasteiger partial charge in [0.1, 0.15) is 10.3 Å². The molecule has 1 saturated carbocycles. The molecule has 1 aliphatic carbocycles. The van der Waals surface area contributed by atoms with Gasteiger partial charge in [-0.2, -0.15) is 5.10 Å². The van der Waals surface area contributed by atoms with Gasteiger partial charge in [0.15, 0.2) is 5.65 Å². The highest BCUT2D eigenvalue weighted by atomic mass is 32.1. The van der Waals surface area contributed by atoms with Gasteiger partial charge in [-0.25, -0.2) is 23.7 Å². The largest absolute Gasteiger partial charge is 0.273 e. The Labute approximate surface area is 158 Å². The van der Waals surface area contributed by atoms with Crippen LogP contribution in [-0.4, -0.2) is 31.2 Å². The van der Waals surface area contributed by atoms with Crippen LogP contribution in [0.5, 0.6) is 0 Å². The number of thiazole rings is 1. The molecule has 0 amide bonds. The fraction of sp³-hybridized carbons (Fsp3) is 0.368. The highest BCUT2D eigenvalue weighted by molar-refractivity contribution is 7.18. The number of pyridine rings is 2. The monoisotopic (exact) mass is 385 g/mol. The fourth-order valence-electron chi connectivity index (χ4n) is 3.72. The molecule has 4 heterocycles. The van der Waals surface area contributed by atoms with Gasteiger partial charge in [-0.1, -0.05) is 11.3 Å². The van der Waals surface area contributed by atoms with Gasteiger partial charge in [0.05, 0.1) is 10.7 Å². The standard InChI is InChI=1S/C19H17F2N5S/c1-26-9-13-7-12(8-22-17(13)25-26)14-2-3-15-19(23-14)27-18(24-15)11-4-10(5-11)6-16(20)21/h2-3,7-11,16H,4-6H2,1H3. The molecule has 138 valence electrons. The van der Waals surface area contributed by atoms with Crippen LogP contribution >= 0.6 is 11.3 Å². The van der Waals surface area contributed by atoms with E-state index < -0.39 is 6.43 Å². The van der Waals surface area contributed by atoms with Crippen LogP contribution in [0, 0.1) is 5.92 Å². The first kappa shape index (κ1) is 16.7. The topological polar surface area (TPSA) is 56.5 Å². The van der Waals surface area contributed by atoms with Crippen LogP contribution in [0.15, 0.2) is 30.6 Å². The summed E-state index contributed by atoms with van der Waals surface area (Å²) in [5.41, 5.74) is 3.37. The Hall–Kier alpha value is -2.48. The van der Waals surface area contributed by atoms with Crippen molar-refractivity contribution in [1.82, 2.24) is 24.7 Å². The van der Waals surface area contributed by atoms with Crippen molar-refractivity contribution in [2.24, 2.45) is 13.0 Å². The lowest BCUT2D eigenvalue weighted by Gasteiger charge is -2.33. The van der Waals surface area contributed by atoms with Crippen LogP contribution < -0.4 is 0 Å². The van der Waals surface area contributed by atoms with E-state index in [1.807, 2.05) is 31.4 Å². The quantitative estimate of drug-likeness (QED) is 0.507. The predicted molar refractivity (Wildman–Crippen MR) is 101 cm³/mol. The van der Waals surface area contributed by atoms with E-state index in [1.165, 1.54) is 0 Å². The summed E-state index contributed by atoms with van der Waals surface area (Å²) >= 11 is 1.57. The van der Waals surface area contributed by atoms with Gasteiger partial charge in [0.25, 0.3) is 0 Å². The highest BCUT2D eigenvalue weighted by Gasteiger charge is 2.34. The van der Waals surface area contributed by atoms with Crippen LogP contribution in [0.1, 0.15) is 30.2 Å². The van der Waals surface area contributed by atoms with Crippen molar-refractivity contribution < 1.29 is 8.78 Å². The van der Waals surface area contributed by atoms with Gasteiger partial charge in [-0.3, -0.25) is 4.68 Å². The summed E-state index contributed by atoms with van der Waals surface area (Å²) in [6.45, 7) is 0. The van der Waals surface area contributed by atoms with Gasteiger partial charge < -0.3 is 0 Å². The second kappa shape index (κ2) is 6.30. The van der Waals surface area contributed by atoms with E-state index in [4.69, 9.17) is 4.98 Å². The minimum absolute atomic E-state index is 0.00755. The van der Waals surface area contributed by atoms with Crippen molar-refractivity contribution in [3.63, 3.8) is 0 Å². The Morgan fingerprint density at radius 3 is 2.93 bits per heavy atom. The molecule has 0 aliphatic heterocycles. The first-order valence-corrected chi connectivity index (χ1v) is 9.72. The molecule has 5 rings (SSSR count). The number of aryl methyl sites for hydroxylation is 1. The van der Waals surface area contributed by atoms with Gasteiger partial charge in [-0.05, 0) is 37.0 Å². The Morgan fingerprint density at radius 1 is 1.26 bits per heavy atom. The maximum Gasteiger partial charge on any atom is 0.238 e. The summed E-state index contributed by atoms with van der Waals surface area (Å²) in [5.74, 6) is 0.424. The Morgan fingerprint density at radius 2 is 2.11 bits per heavy atom. The molecule has 4 aromatic heterocycles. The van der Waals surface area contributed by atoms with E-state index in [1.54, 1.807) is 22.2 Å². The highest BCUT2D eigenvalue weighted by Crippen LogP contribution is 2.46. The number of hydrogen-bond acceptors (Lipinski definition) is 5. The second-order valence-corrected chi connectivity index (χ2v) is 8.18. The molecular weight excluding hydrogens is 368 g/mol. The van der Waals surface area contributed by atoms with Crippen LogP contribution in [-0.2, 0) is 7.05 Å². The molecule has 27 heavy (non-hydrogen) atoms. The minimum atomic E-state index is -2.21. The van der Waals surface area contributed by atoms with Crippen molar-refractivity contribution in [1.29, 1.82) is 0 Å². The Bertz CT molecular complexity index is 1130. The van der Waals surface area contributed by atoms with Crippen molar-refractivity contribution >= 4 is 32.7 Å². The number of hydrogen-bond donors (Lipinski definition) is 0. The molecule has 0 aromatic carbocycles. The van der Waals surface area contributed by atoms with E-state index in [-0.39, 0.29) is 12.3 Å². The Balaban J connectivity index is 1.42. The zero-order valence-corrected chi connectivity index (χ0v) is 15.5. The molecule has 1 aliphatic rings. The van der Waals surface area contributed by atoms with Gasteiger partial charge in [0.2, 0.25) is 6.43 Å². The Kier molecular flexibility index (Phi) is 3.89. The number of rotatable bonds is 4. The third kappa shape index (κ3) is 3.07. The normalized spacial score (nSPS) is 19.9. The van der Waals surface area contributed by atoms with E-state index in [2.05, 4.69) is 15.1 Å². The first-order chi connectivity index (χ1) is 13.0. The minimum Gasteiger partial charge on any atom is -0.273 e. The van der Waals surface area contributed by atoms with Crippen LogP contribution in [0.25, 0.3) is 32.6 Å². The lowest BCUT2D eigenvalue weighted by Crippen LogP contribution is -2.23. The average molecular weight is 385 g/mol. The van der Waals surface area contributed by atoms with Crippen molar-refractivity contribution in [3.8, 4) is 11.3 Å². The van der Waals surface area contributed by atoms with E-state index >= 15 is 0 Å². The molecule has 1 fully saturated rings. The molecule has 0 spiro atoms. The maximum absolute atomic E-state index is 12.5. The second-order valence-electron chi connectivity index (χ2n) is 7.17. The van der Waals surface area contributed by atoms with E-state index in [9.17, 15) is 8.78 Å². The first-order valence-electron chi connectivity index (χ1n) is 8.90. The van der Waals surface area contributed by atoms with Gasteiger partial charge in [0, 0.05) is 42.7 Å². The zero-order valence-electron chi connectivity index (χ0n) is 14.6. The van der Waals surface area contributed by atoms with Crippen molar-refractivity contribution in [3.05, 3.63) is 35.6 Å². The lowest BCUT2D eigenvalue weighted by atomic mass is 9.74. The number of alkyl halides is 2. The summed E-state index contributed by atoms with van der Waals surface area (Å²) in [6, 6.07) is 5.96. The van der Waals surface area contributed by atoms with Crippen LogP contribution in [0.3, 0.4) is 0 Å². The molecule has 5 nitrogen and oxygen atoms in total. The van der Waals surface area contributed by atoms with Crippen LogP contribution in [0.4, 0.5) is 8.78 Å². The number of aromatic nitrogens is 5. The summed E-state index contributed by atoms with van der Waals surface area (Å²) in [5, 5.41) is 6.28. The van der Waals surface area contributed by atoms with E-state index in [0.717, 1.165) is 44.8 Å². The molecule has 4 aromatic rings. The summed E-state index contributed by atoms with van der Waals surface area (Å²) in [6.07, 6.45) is 3.12. The SMILES string of the molecule is Cn1cc2cc(-c3ccc4nc(C5CC(CC(F)F)C5)sc4n3)cnc2n1. The molecule has 0 N–H and O–H groups in total. The summed E-state index contributed by atoms with van der Waals surface area (Å²) in [4.78, 5) is 14.7. The third-order valence-electron chi connectivity index (χ3n) is 5.14. The van der Waals surface area contributed by atoms with E-state index in [0.29, 0.717) is 11.6 Å². The molecular formula is C19H17F2N5S. The maximum atomic E-state index is 12.5. The zero-order chi connectivity index (χ0) is 18.5. The average Bonchev–Trinajstić information content (AvgIpc) is 3.17. The van der Waals surface area contributed by atoms with Gasteiger partial charge in [-0.15, -0.1) is 0 Å². The number of fused-ring (bicyclic) bond motifs is 2. The lowest BCUT2D eigenvalue weighted by molar-refractivity contribution is 0.0841. The summed E-state index contributed by atoms with van der Waals surface area (Å²) in [7, 11) is 1.87. The molecule has 0 bridgehead atoms. The molecule has 0 atom stereocenters.